The molecule has 0 saturated carbocycles. The summed E-state index contributed by atoms with van der Waals surface area (Å²) in [5.74, 6) is -4.07. The van der Waals surface area contributed by atoms with Gasteiger partial charge in [-0.1, -0.05) is 30.3 Å². The van der Waals surface area contributed by atoms with Gasteiger partial charge in [0.1, 0.15) is 18.1 Å². The van der Waals surface area contributed by atoms with Gasteiger partial charge in [-0.15, -0.1) is 0 Å². The predicted molar refractivity (Wildman–Crippen MR) is 136 cm³/mol. The molecule has 0 spiro atoms. The second kappa shape index (κ2) is 15.7. The van der Waals surface area contributed by atoms with Crippen LogP contribution < -0.4 is 38.9 Å². The number of carboxylic acids is 1. The summed E-state index contributed by atoms with van der Waals surface area (Å²) >= 11 is 0. The number of nitrogens with zero attached hydrogens (tertiary/aromatic N) is 1. The molecule has 4 atom stereocenters. The van der Waals surface area contributed by atoms with Gasteiger partial charge in [-0.05, 0) is 31.7 Å². The second-order valence-corrected chi connectivity index (χ2v) is 8.44. The van der Waals surface area contributed by atoms with Crippen molar-refractivity contribution in [3.05, 3.63) is 35.9 Å². The Morgan fingerprint density at radius 1 is 0.892 bits per heavy atom. The molecule has 0 bridgehead atoms. The molecular formula is C23H36N8O6. The van der Waals surface area contributed by atoms with Gasteiger partial charge < -0.3 is 44.0 Å². The largest absolute Gasteiger partial charge is 0.480 e. The van der Waals surface area contributed by atoms with Crippen LogP contribution in [0.4, 0.5) is 0 Å². The highest BCUT2D eigenvalue weighted by molar-refractivity contribution is 5.94. The van der Waals surface area contributed by atoms with E-state index in [0.717, 1.165) is 5.56 Å². The number of primary amides is 1. The molecule has 12 N–H and O–H groups in total. The zero-order chi connectivity index (χ0) is 28.0. The van der Waals surface area contributed by atoms with E-state index < -0.39 is 53.8 Å². The Bertz CT molecular complexity index is 967. The zero-order valence-electron chi connectivity index (χ0n) is 20.7. The molecule has 4 amide bonds. The second-order valence-electron chi connectivity index (χ2n) is 8.44. The Balaban J connectivity index is 2.84. The van der Waals surface area contributed by atoms with E-state index in [1.807, 2.05) is 0 Å². The molecule has 0 aliphatic carbocycles. The first-order valence-corrected chi connectivity index (χ1v) is 11.7. The highest BCUT2D eigenvalue weighted by Gasteiger charge is 2.28. The molecule has 0 aromatic heterocycles. The molecule has 0 aliphatic rings. The minimum atomic E-state index is -1.25. The van der Waals surface area contributed by atoms with Gasteiger partial charge in [-0.3, -0.25) is 24.2 Å². The van der Waals surface area contributed by atoms with E-state index in [-0.39, 0.29) is 38.2 Å². The third-order valence-electron chi connectivity index (χ3n) is 5.27. The van der Waals surface area contributed by atoms with E-state index >= 15 is 0 Å². The molecule has 0 radical (unpaired) electrons. The average molecular weight is 521 g/mol. The highest BCUT2D eigenvalue weighted by atomic mass is 16.4. The Morgan fingerprint density at radius 3 is 2.08 bits per heavy atom. The van der Waals surface area contributed by atoms with Crippen LogP contribution in [0.3, 0.4) is 0 Å². The topological polar surface area (TPSA) is 258 Å². The van der Waals surface area contributed by atoms with Gasteiger partial charge in [0.15, 0.2) is 5.96 Å². The van der Waals surface area contributed by atoms with E-state index in [1.54, 1.807) is 30.3 Å². The summed E-state index contributed by atoms with van der Waals surface area (Å²) in [7, 11) is 0. The van der Waals surface area contributed by atoms with Crippen LogP contribution >= 0.6 is 0 Å². The normalized spacial score (nSPS) is 13.8. The molecule has 0 saturated heterocycles. The Hall–Kier alpha value is -4.20. The van der Waals surface area contributed by atoms with Crippen LogP contribution in [0.5, 0.6) is 0 Å². The number of nitrogens with two attached hydrogens (primary N) is 4. The third-order valence-corrected chi connectivity index (χ3v) is 5.27. The standard InChI is InChI=1S/C23H36N8O6/c1-13(19(33)30-16(22(36)37)8-5-11-28-23(26)27)29-21(35)17(12-14-6-3-2-4-7-14)31-20(34)15(24)9-10-18(25)32/h2-4,6-7,13,15-17H,5,8-12,24H2,1H3,(H2,25,32)(H,29,35)(H,30,33)(H,31,34)(H,36,37)(H4,26,27,28). The number of hydrogen-bond acceptors (Lipinski definition) is 7. The maximum absolute atomic E-state index is 13.0. The maximum Gasteiger partial charge on any atom is 0.326 e. The fourth-order valence-electron chi connectivity index (χ4n) is 3.20. The lowest BCUT2D eigenvalue weighted by Gasteiger charge is -2.23. The number of aliphatic imine (C=N–C) groups is 1. The first kappa shape index (κ1) is 30.8. The number of carbonyl (C=O) groups excluding carboxylic acids is 4. The van der Waals surface area contributed by atoms with Crippen molar-refractivity contribution in [2.45, 2.75) is 63.2 Å². The fourth-order valence-corrected chi connectivity index (χ4v) is 3.20. The van der Waals surface area contributed by atoms with Crippen molar-refractivity contribution >= 4 is 35.6 Å². The third kappa shape index (κ3) is 12.4. The van der Waals surface area contributed by atoms with E-state index in [1.165, 1.54) is 6.92 Å². The summed E-state index contributed by atoms with van der Waals surface area (Å²) in [5.41, 5.74) is 22.1. The molecule has 1 aromatic rings. The maximum atomic E-state index is 13.0. The molecule has 0 fully saturated rings. The van der Waals surface area contributed by atoms with Gasteiger partial charge >= 0.3 is 5.97 Å². The number of guanidine groups is 1. The van der Waals surface area contributed by atoms with Crippen molar-refractivity contribution in [1.29, 1.82) is 0 Å². The highest BCUT2D eigenvalue weighted by Crippen LogP contribution is 2.06. The Labute approximate surface area is 214 Å². The van der Waals surface area contributed by atoms with Gasteiger partial charge in [-0.25, -0.2) is 4.79 Å². The van der Waals surface area contributed by atoms with Crippen molar-refractivity contribution in [3.8, 4) is 0 Å². The number of carbonyl (C=O) groups is 5. The molecule has 1 aromatic carbocycles. The lowest BCUT2D eigenvalue weighted by atomic mass is 10.0. The first-order valence-electron chi connectivity index (χ1n) is 11.7. The minimum absolute atomic E-state index is 0.000583. The molecule has 0 heterocycles. The first-order chi connectivity index (χ1) is 17.4. The molecule has 14 heteroatoms. The SMILES string of the molecule is CC(NC(=O)C(Cc1ccccc1)NC(=O)C(N)CCC(N)=O)C(=O)NC(CCCN=C(N)N)C(=O)O. The number of nitrogens with one attached hydrogen (secondary N) is 3. The minimum Gasteiger partial charge on any atom is -0.480 e. The Kier molecular flexibility index (Phi) is 13.1. The van der Waals surface area contributed by atoms with E-state index in [4.69, 9.17) is 22.9 Å². The fraction of sp³-hybridized carbons (Fsp3) is 0.478. The summed E-state index contributed by atoms with van der Waals surface area (Å²) in [5, 5.41) is 16.8. The molecule has 0 aliphatic heterocycles. The summed E-state index contributed by atoms with van der Waals surface area (Å²) in [6, 6.07) is 4.33. The predicted octanol–water partition coefficient (Wildman–Crippen LogP) is -2.57. The Morgan fingerprint density at radius 2 is 1.51 bits per heavy atom. The van der Waals surface area contributed by atoms with E-state index in [2.05, 4.69) is 20.9 Å². The number of hydrogen-bond donors (Lipinski definition) is 8. The summed E-state index contributed by atoms with van der Waals surface area (Å²) in [6.45, 7) is 1.57. The van der Waals surface area contributed by atoms with Crippen LogP contribution in [0.15, 0.2) is 35.3 Å². The van der Waals surface area contributed by atoms with Crippen molar-refractivity contribution in [1.82, 2.24) is 16.0 Å². The van der Waals surface area contributed by atoms with Gasteiger partial charge in [0, 0.05) is 19.4 Å². The lowest BCUT2D eigenvalue weighted by molar-refractivity contribution is -0.142. The lowest BCUT2D eigenvalue weighted by Crippen LogP contribution is -2.56. The van der Waals surface area contributed by atoms with Crippen LogP contribution in [-0.2, 0) is 30.4 Å². The number of aliphatic carboxylic acids is 1. The monoisotopic (exact) mass is 520 g/mol. The van der Waals surface area contributed by atoms with Crippen molar-refractivity contribution < 1.29 is 29.1 Å². The molecule has 4 unspecified atom stereocenters. The van der Waals surface area contributed by atoms with Crippen LogP contribution in [0.1, 0.15) is 38.2 Å². The molecule has 37 heavy (non-hydrogen) atoms. The smallest absolute Gasteiger partial charge is 0.326 e. The average Bonchev–Trinajstić information content (AvgIpc) is 2.83. The van der Waals surface area contributed by atoms with Crippen LogP contribution in [0, 0.1) is 0 Å². The quantitative estimate of drug-likeness (QED) is 0.0646. The molecule has 204 valence electrons. The number of amides is 4. The van der Waals surface area contributed by atoms with Crippen LogP contribution in [0.25, 0.3) is 0 Å². The molecule has 14 nitrogen and oxygen atoms in total. The van der Waals surface area contributed by atoms with Crippen LogP contribution in [0.2, 0.25) is 0 Å². The molecular weight excluding hydrogens is 484 g/mol. The van der Waals surface area contributed by atoms with Crippen molar-refractivity contribution in [3.63, 3.8) is 0 Å². The van der Waals surface area contributed by atoms with E-state index in [9.17, 15) is 29.1 Å². The summed E-state index contributed by atoms with van der Waals surface area (Å²) in [6.07, 6.45) is 0.362. The van der Waals surface area contributed by atoms with Crippen molar-refractivity contribution in [2.24, 2.45) is 27.9 Å². The molecule has 1 rings (SSSR count). The zero-order valence-corrected chi connectivity index (χ0v) is 20.7. The van der Waals surface area contributed by atoms with Gasteiger partial charge in [0.05, 0.1) is 6.04 Å². The van der Waals surface area contributed by atoms with Crippen LogP contribution in [-0.4, -0.2) is 71.4 Å². The van der Waals surface area contributed by atoms with Gasteiger partial charge in [0.2, 0.25) is 23.6 Å². The number of carboxylic acid groups (broad SMARTS) is 1. The van der Waals surface area contributed by atoms with Gasteiger partial charge in [0.25, 0.3) is 0 Å². The van der Waals surface area contributed by atoms with E-state index in [0.29, 0.717) is 6.42 Å². The van der Waals surface area contributed by atoms with Gasteiger partial charge in [-0.2, -0.15) is 0 Å². The number of rotatable bonds is 16. The summed E-state index contributed by atoms with van der Waals surface area (Å²) < 4.78 is 0. The van der Waals surface area contributed by atoms with Crippen molar-refractivity contribution in [2.75, 3.05) is 6.54 Å². The number of benzene rings is 1. The summed E-state index contributed by atoms with van der Waals surface area (Å²) in [4.78, 5) is 64.4.